The largest absolute Gasteiger partial charge is 0.487 e. The number of carbonyl (C=O) groups is 1. The molecule has 146 valence electrons. The van der Waals surface area contributed by atoms with E-state index in [1.54, 1.807) is 0 Å². The molecule has 0 atom stereocenters. The van der Waals surface area contributed by atoms with Gasteiger partial charge in [-0.1, -0.05) is 42.5 Å². The summed E-state index contributed by atoms with van der Waals surface area (Å²) in [5, 5.41) is 11.9. The Kier molecular flexibility index (Phi) is 6.79. The summed E-state index contributed by atoms with van der Waals surface area (Å²) >= 11 is 0. The summed E-state index contributed by atoms with van der Waals surface area (Å²) in [4.78, 5) is 13.6. The lowest BCUT2D eigenvalue weighted by atomic mass is 10.2. The molecule has 3 aromatic carbocycles. The molecule has 1 heterocycles. The van der Waals surface area contributed by atoms with Gasteiger partial charge in [0.25, 0.3) is 5.97 Å². The van der Waals surface area contributed by atoms with Crippen molar-refractivity contribution in [3.05, 3.63) is 96.7 Å². The van der Waals surface area contributed by atoms with E-state index in [0.717, 1.165) is 40.6 Å². The molecule has 4 rings (SSSR count). The fourth-order valence-corrected chi connectivity index (χ4v) is 2.67. The number of benzene rings is 3. The average molecular weight is 386 g/mol. The molecule has 5 heteroatoms. The van der Waals surface area contributed by atoms with Gasteiger partial charge in [-0.05, 0) is 48.5 Å². The van der Waals surface area contributed by atoms with Gasteiger partial charge in [0.05, 0.1) is 11.2 Å². The quantitative estimate of drug-likeness (QED) is 0.464. The molecule has 0 aliphatic carbocycles. The summed E-state index contributed by atoms with van der Waals surface area (Å²) in [5.74, 6) is -0.00595. The summed E-state index contributed by atoms with van der Waals surface area (Å²) in [6.07, 6.45) is 0. The first-order chi connectivity index (χ1) is 14.1. The number of para-hydroxylation sites is 2. The summed E-state index contributed by atoms with van der Waals surface area (Å²) < 4.78 is 5.86. The highest BCUT2D eigenvalue weighted by atomic mass is 16.5. The zero-order chi connectivity index (χ0) is 20.5. The molecular weight excluding hydrogens is 364 g/mol. The molecule has 0 aliphatic heterocycles. The van der Waals surface area contributed by atoms with Gasteiger partial charge in [-0.15, -0.1) is 0 Å². The second kappa shape index (κ2) is 9.90. The summed E-state index contributed by atoms with van der Waals surface area (Å²) in [5.41, 5.74) is 4.01. The third kappa shape index (κ3) is 6.36. The lowest BCUT2D eigenvalue weighted by molar-refractivity contribution is -0.134. The number of hydrogen-bond acceptors (Lipinski definition) is 4. The van der Waals surface area contributed by atoms with Crippen molar-refractivity contribution in [3.8, 4) is 5.75 Å². The van der Waals surface area contributed by atoms with Crippen molar-refractivity contribution in [2.75, 3.05) is 5.32 Å². The van der Waals surface area contributed by atoms with Gasteiger partial charge in [0, 0.05) is 23.7 Å². The van der Waals surface area contributed by atoms with Gasteiger partial charge in [-0.3, -0.25) is 4.79 Å². The SMILES string of the molecule is CC(=O)O.c1ccc(Nc2ccc(OCc3ccc4ccccc4n3)cc2)cc1. The standard InChI is InChI=1S/C22H18N2O.C2H4O2/c1-2-7-18(8-3-1)23-19-12-14-21(15-13-19)25-16-20-11-10-17-6-4-5-9-22(17)24-20;1-2(3)4/h1-15,23H,16H2;1H3,(H,3,4). The van der Waals surface area contributed by atoms with Crippen molar-refractivity contribution < 1.29 is 14.6 Å². The highest BCUT2D eigenvalue weighted by molar-refractivity contribution is 5.78. The molecule has 1 aromatic heterocycles. The van der Waals surface area contributed by atoms with E-state index in [2.05, 4.69) is 22.4 Å². The molecule has 5 nitrogen and oxygen atoms in total. The van der Waals surface area contributed by atoms with E-state index in [-0.39, 0.29) is 0 Å². The Balaban J connectivity index is 0.000000552. The Bertz CT molecular complexity index is 1060. The number of ether oxygens (including phenoxy) is 1. The molecule has 0 amide bonds. The van der Waals surface area contributed by atoms with E-state index in [4.69, 9.17) is 14.6 Å². The van der Waals surface area contributed by atoms with Crippen molar-refractivity contribution in [2.24, 2.45) is 0 Å². The van der Waals surface area contributed by atoms with E-state index in [9.17, 15) is 0 Å². The van der Waals surface area contributed by atoms with E-state index in [1.165, 1.54) is 0 Å². The van der Waals surface area contributed by atoms with Gasteiger partial charge in [0.15, 0.2) is 0 Å². The van der Waals surface area contributed by atoms with Crippen LogP contribution in [0.4, 0.5) is 11.4 Å². The van der Waals surface area contributed by atoms with Crippen molar-refractivity contribution in [1.29, 1.82) is 0 Å². The van der Waals surface area contributed by atoms with Crippen LogP contribution in [0.25, 0.3) is 10.9 Å². The van der Waals surface area contributed by atoms with E-state index >= 15 is 0 Å². The van der Waals surface area contributed by atoms with Crippen LogP contribution in [0.3, 0.4) is 0 Å². The topological polar surface area (TPSA) is 71.5 Å². The number of rotatable bonds is 5. The van der Waals surface area contributed by atoms with Crippen LogP contribution in [-0.2, 0) is 11.4 Å². The van der Waals surface area contributed by atoms with Gasteiger partial charge in [0.1, 0.15) is 12.4 Å². The van der Waals surface area contributed by atoms with E-state index in [1.807, 2.05) is 78.9 Å². The third-order valence-corrected chi connectivity index (χ3v) is 3.96. The maximum atomic E-state index is 9.00. The Morgan fingerprint density at radius 1 is 0.862 bits per heavy atom. The van der Waals surface area contributed by atoms with Crippen molar-refractivity contribution >= 4 is 28.2 Å². The molecule has 0 unspecified atom stereocenters. The van der Waals surface area contributed by atoms with Gasteiger partial charge in [-0.25, -0.2) is 4.98 Å². The second-order valence-corrected chi connectivity index (χ2v) is 6.32. The first-order valence-electron chi connectivity index (χ1n) is 9.19. The number of carboxylic acids is 1. The fourth-order valence-electron chi connectivity index (χ4n) is 2.67. The minimum atomic E-state index is -0.833. The molecular formula is C24H22N2O3. The van der Waals surface area contributed by atoms with Crippen LogP contribution in [0, 0.1) is 0 Å². The molecule has 0 saturated heterocycles. The minimum absolute atomic E-state index is 0.455. The number of carboxylic acid groups (broad SMARTS) is 1. The molecule has 0 aliphatic rings. The molecule has 4 aromatic rings. The maximum Gasteiger partial charge on any atom is 0.300 e. The van der Waals surface area contributed by atoms with Crippen LogP contribution in [0.2, 0.25) is 0 Å². The normalized spacial score (nSPS) is 9.97. The van der Waals surface area contributed by atoms with Crippen LogP contribution in [0.5, 0.6) is 5.75 Å². The van der Waals surface area contributed by atoms with Gasteiger partial charge < -0.3 is 15.2 Å². The fraction of sp³-hybridized carbons (Fsp3) is 0.0833. The first-order valence-corrected chi connectivity index (χ1v) is 9.19. The lowest BCUT2D eigenvalue weighted by Gasteiger charge is -2.09. The average Bonchev–Trinajstić information content (AvgIpc) is 2.73. The molecule has 0 saturated carbocycles. The minimum Gasteiger partial charge on any atom is -0.487 e. The molecule has 29 heavy (non-hydrogen) atoms. The monoisotopic (exact) mass is 386 g/mol. The number of anilines is 2. The number of hydrogen-bond donors (Lipinski definition) is 2. The smallest absolute Gasteiger partial charge is 0.300 e. The predicted molar refractivity (Wildman–Crippen MR) is 116 cm³/mol. The zero-order valence-corrected chi connectivity index (χ0v) is 16.1. The Morgan fingerprint density at radius 2 is 1.48 bits per heavy atom. The zero-order valence-electron chi connectivity index (χ0n) is 16.1. The number of nitrogens with one attached hydrogen (secondary N) is 1. The number of aliphatic carboxylic acids is 1. The third-order valence-electron chi connectivity index (χ3n) is 3.96. The van der Waals surface area contributed by atoms with Crippen LogP contribution >= 0.6 is 0 Å². The van der Waals surface area contributed by atoms with Crippen LogP contribution in [0.15, 0.2) is 91.0 Å². The summed E-state index contributed by atoms with van der Waals surface area (Å²) in [6, 6.07) is 30.2. The number of pyridine rings is 1. The number of aromatic nitrogens is 1. The predicted octanol–water partition coefficient (Wildman–Crippen LogP) is 5.65. The molecule has 0 bridgehead atoms. The van der Waals surface area contributed by atoms with Crippen LogP contribution in [0.1, 0.15) is 12.6 Å². The molecule has 0 spiro atoms. The number of nitrogens with zero attached hydrogens (tertiary/aromatic N) is 1. The van der Waals surface area contributed by atoms with E-state index < -0.39 is 5.97 Å². The Labute approximate surface area is 169 Å². The highest BCUT2D eigenvalue weighted by Crippen LogP contribution is 2.21. The van der Waals surface area contributed by atoms with Gasteiger partial charge in [0.2, 0.25) is 0 Å². The van der Waals surface area contributed by atoms with Crippen molar-refractivity contribution in [2.45, 2.75) is 13.5 Å². The first kappa shape index (κ1) is 19.9. The summed E-state index contributed by atoms with van der Waals surface area (Å²) in [7, 11) is 0. The van der Waals surface area contributed by atoms with Crippen LogP contribution in [-0.4, -0.2) is 16.1 Å². The van der Waals surface area contributed by atoms with Crippen molar-refractivity contribution in [3.63, 3.8) is 0 Å². The Hall–Kier alpha value is -3.86. The van der Waals surface area contributed by atoms with Gasteiger partial charge >= 0.3 is 0 Å². The highest BCUT2D eigenvalue weighted by Gasteiger charge is 2.01. The number of fused-ring (bicyclic) bond motifs is 1. The van der Waals surface area contributed by atoms with E-state index in [0.29, 0.717) is 6.61 Å². The molecule has 0 radical (unpaired) electrons. The van der Waals surface area contributed by atoms with Gasteiger partial charge in [-0.2, -0.15) is 0 Å². The summed E-state index contributed by atoms with van der Waals surface area (Å²) in [6.45, 7) is 1.54. The molecule has 0 fully saturated rings. The maximum absolute atomic E-state index is 9.00. The van der Waals surface area contributed by atoms with Crippen molar-refractivity contribution in [1.82, 2.24) is 4.98 Å². The lowest BCUT2D eigenvalue weighted by Crippen LogP contribution is -1.98. The Morgan fingerprint density at radius 3 is 2.21 bits per heavy atom. The van der Waals surface area contributed by atoms with Crippen LogP contribution < -0.4 is 10.1 Å². The second-order valence-electron chi connectivity index (χ2n) is 6.32. The molecule has 2 N–H and O–H groups in total.